The lowest BCUT2D eigenvalue weighted by Gasteiger charge is -2.09. The molecule has 1 aromatic carbocycles. The topological polar surface area (TPSA) is 49.8 Å². The standard InChI is InChI=1S/C20H20N4/c1-14-2-7-19(23-12-14)24-13-15-3-5-16(6-4-15)17-8-10-21-20-18(17)9-11-22-20/h2-8,10,12H,9,11,13H2,1H3,(H,21,22)(H,23,24). The third-order valence-corrected chi connectivity index (χ3v) is 4.37. The van der Waals surface area contributed by atoms with Crippen molar-refractivity contribution in [1.29, 1.82) is 0 Å². The van der Waals surface area contributed by atoms with Crippen LogP contribution in [0.5, 0.6) is 0 Å². The van der Waals surface area contributed by atoms with Gasteiger partial charge in [-0.1, -0.05) is 30.3 Å². The molecule has 1 aliphatic heterocycles. The van der Waals surface area contributed by atoms with Gasteiger partial charge in [-0.05, 0) is 47.7 Å². The molecule has 4 rings (SSSR count). The summed E-state index contributed by atoms with van der Waals surface area (Å²) in [6, 6.07) is 14.9. The minimum atomic E-state index is 0.770. The summed E-state index contributed by atoms with van der Waals surface area (Å²) < 4.78 is 0. The lowest BCUT2D eigenvalue weighted by molar-refractivity contribution is 1.10. The predicted octanol–water partition coefficient (Wildman–Crippen LogP) is 4.03. The van der Waals surface area contributed by atoms with Crippen LogP contribution in [0.25, 0.3) is 11.1 Å². The fraction of sp³-hybridized carbons (Fsp3) is 0.200. The van der Waals surface area contributed by atoms with Gasteiger partial charge in [-0.3, -0.25) is 0 Å². The Morgan fingerprint density at radius 2 is 1.92 bits per heavy atom. The molecule has 0 spiro atoms. The van der Waals surface area contributed by atoms with Crippen LogP contribution in [0.2, 0.25) is 0 Å². The quantitative estimate of drug-likeness (QED) is 0.763. The van der Waals surface area contributed by atoms with Gasteiger partial charge in [0, 0.05) is 31.0 Å². The molecule has 120 valence electrons. The Morgan fingerprint density at radius 3 is 2.71 bits per heavy atom. The van der Waals surface area contributed by atoms with Crippen molar-refractivity contribution in [3.05, 3.63) is 71.5 Å². The average Bonchev–Trinajstić information content (AvgIpc) is 3.10. The maximum Gasteiger partial charge on any atom is 0.129 e. The van der Waals surface area contributed by atoms with Crippen LogP contribution in [0.4, 0.5) is 11.6 Å². The summed E-state index contributed by atoms with van der Waals surface area (Å²) in [5.74, 6) is 1.94. The number of rotatable bonds is 4. The van der Waals surface area contributed by atoms with E-state index >= 15 is 0 Å². The first kappa shape index (κ1) is 14.7. The Hall–Kier alpha value is -2.88. The van der Waals surface area contributed by atoms with Crippen LogP contribution in [0.3, 0.4) is 0 Å². The van der Waals surface area contributed by atoms with Crippen molar-refractivity contribution in [3.8, 4) is 11.1 Å². The minimum Gasteiger partial charge on any atom is -0.369 e. The summed E-state index contributed by atoms with van der Waals surface area (Å²) in [6.45, 7) is 3.79. The summed E-state index contributed by atoms with van der Waals surface area (Å²) in [4.78, 5) is 8.78. The van der Waals surface area contributed by atoms with Gasteiger partial charge in [-0.2, -0.15) is 0 Å². The fourth-order valence-corrected chi connectivity index (χ4v) is 3.04. The Labute approximate surface area is 142 Å². The van der Waals surface area contributed by atoms with E-state index in [9.17, 15) is 0 Å². The molecule has 0 aliphatic carbocycles. The van der Waals surface area contributed by atoms with Crippen LogP contribution in [-0.2, 0) is 13.0 Å². The molecule has 3 aromatic rings. The van der Waals surface area contributed by atoms with Crippen LogP contribution < -0.4 is 10.6 Å². The molecular weight excluding hydrogens is 296 g/mol. The molecule has 2 aromatic heterocycles. The lowest BCUT2D eigenvalue weighted by Crippen LogP contribution is -2.01. The minimum absolute atomic E-state index is 0.770. The van der Waals surface area contributed by atoms with Gasteiger partial charge in [0.1, 0.15) is 11.6 Å². The molecular formula is C20H20N4. The molecule has 0 bridgehead atoms. The van der Waals surface area contributed by atoms with Crippen LogP contribution in [-0.4, -0.2) is 16.5 Å². The summed E-state index contributed by atoms with van der Waals surface area (Å²) >= 11 is 0. The Kier molecular flexibility index (Phi) is 3.87. The zero-order chi connectivity index (χ0) is 16.4. The third-order valence-electron chi connectivity index (χ3n) is 4.37. The fourth-order valence-electron chi connectivity index (χ4n) is 3.04. The predicted molar refractivity (Wildman–Crippen MR) is 98.2 cm³/mol. The van der Waals surface area contributed by atoms with Gasteiger partial charge in [0.25, 0.3) is 0 Å². The summed E-state index contributed by atoms with van der Waals surface area (Å²) in [5.41, 5.74) is 6.26. The second-order valence-corrected chi connectivity index (χ2v) is 6.13. The van der Waals surface area contributed by atoms with Crippen LogP contribution in [0, 0.1) is 6.92 Å². The lowest BCUT2D eigenvalue weighted by atomic mass is 9.99. The molecule has 0 fully saturated rings. The summed E-state index contributed by atoms with van der Waals surface area (Å²) in [6.07, 6.45) is 4.80. The average molecular weight is 316 g/mol. The number of anilines is 2. The first-order valence-corrected chi connectivity index (χ1v) is 8.27. The van der Waals surface area contributed by atoms with E-state index in [2.05, 4.69) is 57.0 Å². The molecule has 1 aliphatic rings. The van der Waals surface area contributed by atoms with Crippen molar-refractivity contribution in [2.75, 3.05) is 17.2 Å². The maximum absolute atomic E-state index is 4.40. The highest BCUT2D eigenvalue weighted by molar-refractivity contribution is 5.73. The number of nitrogens with one attached hydrogen (secondary N) is 2. The van der Waals surface area contributed by atoms with E-state index in [0.717, 1.165) is 31.1 Å². The molecule has 2 N–H and O–H groups in total. The smallest absolute Gasteiger partial charge is 0.129 e. The molecule has 0 radical (unpaired) electrons. The second-order valence-electron chi connectivity index (χ2n) is 6.13. The van der Waals surface area contributed by atoms with Crippen molar-refractivity contribution in [2.45, 2.75) is 19.9 Å². The molecule has 0 unspecified atom stereocenters. The largest absolute Gasteiger partial charge is 0.369 e. The molecule has 0 saturated heterocycles. The zero-order valence-corrected chi connectivity index (χ0v) is 13.7. The van der Waals surface area contributed by atoms with Gasteiger partial charge >= 0.3 is 0 Å². The normalized spacial score (nSPS) is 12.5. The van der Waals surface area contributed by atoms with E-state index in [0.29, 0.717) is 0 Å². The number of pyridine rings is 2. The van der Waals surface area contributed by atoms with Crippen molar-refractivity contribution in [3.63, 3.8) is 0 Å². The van der Waals surface area contributed by atoms with Crippen molar-refractivity contribution in [1.82, 2.24) is 9.97 Å². The second kappa shape index (κ2) is 6.32. The van der Waals surface area contributed by atoms with E-state index in [1.807, 2.05) is 25.4 Å². The van der Waals surface area contributed by atoms with Gasteiger partial charge in [0.05, 0.1) is 0 Å². The molecule has 3 heterocycles. The van der Waals surface area contributed by atoms with Crippen LogP contribution in [0.1, 0.15) is 16.7 Å². The van der Waals surface area contributed by atoms with Crippen LogP contribution in [0.15, 0.2) is 54.9 Å². The molecule has 0 atom stereocenters. The van der Waals surface area contributed by atoms with E-state index in [1.54, 1.807) is 0 Å². The number of benzene rings is 1. The highest BCUT2D eigenvalue weighted by Crippen LogP contribution is 2.31. The number of fused-ring (bicyclic) bond motifs is 1. The number of aromatic nitrogens is 2. The van der Waals surface area contributed by atoms with Crippen LogP contribution >= 0.6 is 0 Å². The van der Waals surface area contributed by atoms with Crippen molar-refractivity contribution in [2.24, 2.45) is 0 Å². The van der Waals surface area contributed by atoms with E-state index in [4.69, 9.17) is 0 Å². The molecule has 4 nitrogen and oxygen atoms in total. The third kappa shape index (κ3) is 2.95. The number of nitrogens with zero attached hydrogens (tertiary/aromatic N) is 2. The van der Waals surface area contributed by atoms with Crippen molar-refractivity contribution < 1.29 is 0 Å². The van der Waals surface area contributed by atoms with E-state index < -0.39 is 0 Å². The monoisotopic (exact) mass is 316 g/mol. The molecule has 0 saturated carbocycles. The van der Waals surface area contributed by atoms with Gasteiger partial charge < -0.3 is 10.6 Å². The van der Waals surface area contributed by atoms with Gasteiger partial charge in [0.15, 0.2) is 0 Å². The number of aryl methyl sites for hydroxylation is 1. The molecule has 24 heavy (non-hydrogen) atoms. The summed E-state index contributed by atoms with van der Waals surface area (Å²) in [5, 5.41) is 6.69. The Balaban J connectivity index is 1.49. The molecule has 0 amide bonds. The summed E-state index contributed by atoms with van der Waals surface area (Å²) in [7, 11) is 0. The highest BCUT2D eigenvalue weighted by Gasteiger charge is 2.15. The Bertz CT molecular complexity index is 839. The van der Waals surface area contributed by atoms with Crippen molar-refractivity contribution >= 4 is 11.6 Å². The van der Waals surface area contributed by atoms with Gasteiger partial charge in [0.2, 0.25) is 0 Å². The Morgan fingerprint density at radius 1 is 1.04 bits per heavy atom. The first-order valence-electron chi connectivity index (χ1n) is 8.27. The SMILES string of the molecule is Cc1ccc(NCc2ccc(-c3ccnc4c3CCN4)cc2)nc1. The highest BCUT2D eigenvalue weighted by atomic mass is 15.0. The first-order chi connectivity index (χ1) is 11.8. The van der Waals surface area contributed by atoms with E-state index in [1.165, 1.54) is 27.8 Å². The van der Waals surface area contributed by atoms with Gasteiger partial charge in [-0.15, -0.1) is 0 Å². The number of hydrogen-bond acceptors (Lipinski definition) is 4. The number of hydrogen-bond donors (Lipinski definition) is 2. The zero-order valence-electron chi connectivity index (χ0n) is 13.7. The molecule has 4 heteroatoms. The van der Waals surface area contributed by atoms with Gasteiger partial charge in [-0.25, -0.2) is 9.97 Å². The maximum atomic E-state index is 4.40. The van der Waals surface area contributed by atoms with E-state index in [-0.39, 0.29) is 0 Å².